The molecule has 0 saturated heterocycles. The smallest absolute Gasteiger partial charge is 0.306 e. The van der Waals surface area contributed by atoms with Crippen LogP contribution in [0.3, 0.4) is 0 Å². The molecule has 0 aromatic carbocycles. The van der Waals surface area contributed by atoms with Crippen LogP contribution in [-0.2, 0) is 28.6 Å². The molecule has 0 aliphatic heterocycles. The zero-order chi connectivity index (χ0) is 59.9. The van der Waals surface area contributed by atoms with E-state index < -0.39 is 6.10 Å². The van der Waals surface area contributed by atoms with Crippen molar-refractivity contribution in [2.45, 2.75) is 386 Å². The molecule has 1 unspecified atom stereocenters. The van der Waals surface area contributed by atoms with Crippen molar-refractivity contribution in [3.63, 3.8) is 0 Å². The van der Waals surface area contributed by atoms with Crippen molar-refractivity contribution in [1.29, 1.82) is 0 Å². The number of rotatable bonds is 67. The lowest BCUT2D eigenvalue weighted by molar-refractivity contribution is -0.167. The highest BCUT2D eigenvalue weighted by Gasteiger charge is 2.19. The fraction of sp³-hybridized carbons (Fsp3) is 0.805. The Bertz CT molecular complexity index is 1520. The van der Waals surface area contributed by atoms with E-state index in [1.165, 1.54) is 257 Å². The molecule has 6 nitrogen and oxygen atoms in total. The van der Waals surface area contributed by atoms with E-state index >= 15 is 0 Å². The Balaban J connectivity index is 4.32. The van der Waals surface area contributed by atoms with Gasteiger partial charge in [0.1, 0.15) is 13.2 Å². The average Bonchev–Trinajstić information content (AvgIpc) is 3.49. The van der Waals surface area contributed by atoms with Gasteiger partial charge in [0.2, 0.25) is 0 Å². The molecule has 1 atom stereocenters. The Kier molecular flexibility index (Phi) is 68.6. The first-order valence-corrected chi connectivity index (χ1v) is 36.4. The molecule has 482 valence electrons. The summed E-state index contributed by atoms with van der Waals surface area (Å²) < 4.78 is 17.0. The zero-order valence-electron chi connectivity index (χ0n) is 55.5. The number of hydrogen-bond donors (Lipinski definition) is 0. The van der Waals surface area contributed by atoms with E-state index in [9.17, 15) is 14.4 Å². The summed E-state index contributed by atoms with van der Waals surface area (Å²) >= 11 is 0. The van der Waals surface area contributed by atoms with Crippen LogP contribution < -0.4 is 0 Å². The molecule has 0 aliphatic rings. The largest absolute Gasteiger partial charge is 0.462 e. The van der Waals surface area contributed by atoms with Crippen LogP contribution in [-0.4, -0.2) is 37.2 Å². The molecule has 0 radical (unpaired) electrons. The van der Waals surface area contributed by atoms with Gasteiger partial charge in [-0.3, -0.25) is 14.4 Å². The van der Waals surface area contributed by atoms with Gasteiger partial charge >= 0.3 is 17.9 Å². The van der Waals surface area contributed by atoms with Gasteiger partial charge in [0, 0.05) is 19.3 Å². The summed E-state index contributed by atoms with van der Waals surface area (Å²) in [4.78, 5) is 38.5. The molecule has 0 amide bonds. The maximum Gasteiger partial charge on any atom is 0.306 e. The van der Waals surface area contributed by atoms with Gasteiger partial charge in [0.25, 0.3) is 0 Å². The minimum absolute atomic E-state index is 0.0749. The number of ether oxygens (including phenoxy) is 3. The summed E-state index contributed by atoms with van der Waals surface area (Å²) in [7, 11) is 0. The number of hydrogen-bond acceptors (Lipinski definition) is 6. The molecule has 0 saturated carbocycles. The first kappa shape index (κ1) is 79.8. The van der Waals surface area contributed by atoms with Gasteiger partial charge < -0.3 is 14.2 Å². The Morgan fingerprint density at radius 1 is 0.253 bits per heavy atom. The second-order valence-electron chi connectivity index (χ2n) is 24.5. The number of esters is 3. The Morgan fingerprint density at radius 2 is 0.470 bits per heavy atom. The van der Waals surface area contributed by atoms with Gasteiger partial charge in [0.15, 0.2) is 6.10 Å². The summed E-state index contributed by atoms with van der Waals surface area (Å²) in [5, 5.41) is 0. The maximum absolute atomic E-state index is 13.0. The molecule has 0 N–H and O–H groups in total. The third-order valence-electron chi connectivity index (χ3n) is 16.2. The highest BCUT2D eigenvalue weighted by atomic mass is 16.6. The average molecular weight is 1160 g/mol. The van der Waals surface area contributed by atoms with E-state index in [1.54, 1.807) is 0 Å². The summed E-state index contributed by atoms with van der Waals surface area (Å²) in [6, 6.07) is 0. The summed E-state index contributed by atoms with van der Waals surface area (Å²) in [6.45, 7) is 6.58. The predicted octanol–water partition coefficient (Wildman–Crippen LogP) is 25.2. The SMILES string of the molecule is CC/C=C\C/C=C\C/C=C\C/C=C\CCCCCCCCCCCCCCC(=O)OCC(COC(=O)CCCCCCCCC/C=C\CCCCCCCC)OC(=O)CCCCCCCCCCCCC/C=C\CCCCCCCCCC. The lowest BCUT2D eigenvalue weighted by Gasteiger charge is -2.18. The van der Waals surface area contributed by atoms with Crippen LogP contribution in [0.15, 0.2) is 72.9 Å². The quantitative estimate of drug-likeness (QED) is 0.0261. The highest BCUT2D eigenvalue weighted by Crippen LogP contribution is 2.18. The fourth-order valence-electron chi connectivity index (χ4n) is 10.7. The van der Waals surface area contributed by atoms with Crippen LogP contribution >= 0.6 is 0 Å². The third-order valence-corrected chi connectivity index (χ3v) is 16.2. The van der Waals surface area contributed by atoms with Crippen LogP contribution in [0.5, 0.6) is 0 Å². The second-order valence-corrected chi connectivity index (χ2v) is 24.5. The van der Waals surface area contributed by atoms with Crippen LogP contribution in [0.1, 0.15) is 380 Å². The third kappa shape index (κ3) is 69.5. The van der Waals surface area contributed by atoms with Crippen molar-refractivity contribution in [1.82, 2.24) is 0 Å². The van der Waals surface area contributed by atoms with Crippen LogP contribution in [0.25, 0.3) is 0 Å². The standard InChI is InChI=1S/C77H138O6/c1-4-7-10-13-16-19-22-25-28-31-33-35-37-38-40-41-43-46-49-52-55-58-61-64-67-70-76(79)82-73-74(72-81-75(78)69-66-63-60-57-54-51-48-45-30-27-24-21-18-15-12-9-6-3)83-77(80)71-68-65-62-59-56-53-50-47-44-42-39-36-34-32-29-26-23-20-17-14-11-8-5-2/h7,10,16,19,25,27-28,30,32-35,74H,4-6,8-9,11-15,17-18,20-24,26,29,31,36-73H2,1-3H3/b10-7-,19-16-,28-25-,30-27-,34-32-,35-33-. The normalized spacial score (nSPS) is 12.5. The van der Waals surface area contributed by atoms with Crippen molar-refractivity contribution < 1.29 is 28.6 Å². The summed E-state index contributed by atoms with van der Waals surface area (Å²) in [5.41, 5.74) is 0. The minimum atomic E-state index is -0.780. The Labute approximate surface area is 516 Å². The zero-order valence-corrected chi connectivity index (χ0v) is 55.5. The molecule has 83 heavy (non-hydrogen) atoms. The van der Waals surface area contributed by atoms with Gasteiger partial charge in [0.05, 0.1) is 0 Å². The predicted molar refractivity (Wildman–Crippen MR) is 362 cm³/mol. The molecule has 0 bridgehead atoms. The van der Waals surface area contributed by atoms with Gasteiger partial charge in [-0.1, -0.05) is 325 Å². The van der Waals surface area contributed by atoms with Crippen LogP contribution in [0.2, 0.25) is 0 Å². The maximum atomic E-state index is 13.0. The molecule has 0 aliphatic carbocycles. The van der Waals surface area contributed by atoms with E-state index in [-0.39, 0.29) is 31.1 Å². The highest BCUT2D eigenvalue weighted by molar-refractivity contribution is 5.71. The fourth-order valence-corrected chi connectivity index (χ4v) is 10.7. The Hall–Kier alpha value is -3.15. The summed E-state index contributed by atoms with van der Waals surface area (Å²) in [6.07, 6.45) is 93.6. The number of allylic oxidation sites excluding steroid dienone is 12. The van der Waals surface area contributed by atoms with Gasteiger partial charge in [-0.25, -0.2) is 0 Å². The van der Waals surface area contributed by atoms with E-state index in [0.29, 0.717) is 19.3 Å². The number of unbranched alkanes of at least 4 members (excludes halogenated alkanes) is 44. The molecule has 0 fully saturated rings. The summed E-state index contributed by atoms with van der Waals surface area (Å²) in [5.74, 6) is -0.858. The van der Waals surface area contributed by atoms with Crippen molar-refractivity contribution in [2.75, 3.05) is 13.2 Å². The monoisotopic (exact) mass is 1160 g/mol. The van der Waals surface area contributed by atoms with Crippen molar-refractivity contribution in [3.05, 3.63) is 72.9 Å². The topological polar surface area (TPSA) is 78.9 Å². The first-order chi connectivity index (χ1) is 41.0. The van der Waals surface area contributed by atoms with Gasteiger partial charge in [-0.05, 0) is 109 Å². The van der Waals surface area contributed by atoms with Crippen LogP contribution in [0.4, 0.5) is 0 Å². The van der Waals surface area contributed by atoms with E-state index in [1.807, 2.05) is 0 Å². The molecule has 0 spiro atoms. The molecule has 0 aromatic rings. The van der Waals surface area contributed by atoms with Crippen LogP contribution in [0, 0.1) is 0 Å². The lowest BCUT2D eigenvalue weighted by Crippen LogP contribution is -2.30. The molecular weight excluding hydrogens is 1020 g/mol. The lowest BCUT2D eigenvalue weighted by atomic mass is 10.0. The second kappa shape index (κ2) is 71.3. The Morgan fingerprint density at radius 3 is 0.747 bits per heavy atom. The molecule has 6 heteroatoms. The van der Waals surface area contributed by atoms with E-state index in [4.69, 9.17) is 14.2 Å². The van der Waals surface area contributed by atoms with Gasteiger partial charge in [-0.2, -0.15) is 0 Å². The number of carbonyl (C=O) groups is 3. The van der Waals surface area contributed by atoms with E-state index in [0.717, 1.165) is 83.5 Å². The van der Waals surface area contributed by atoms with Crippen molar-refractivity contribution in [2.24, 2.45) is 0 Å². The minimum Gasteiger partial charge on any atom is -0.462 e. The van der Waals surface area contributed by atoms with Crippen molar-refractivity contribution in [3.8, 4) is 0 Å². The first-order valence-electron chi connectivity index (χ1n) is 36.4. The van der Waals surface area contributed by atoms with Crippen molar-refractivity contribution >= 4 is 17.9 Å². The molecular formula is C77H138O6. The van der Waals surface area contributed by atoms with Gasteiger partial charge in [-0.15, -0.1) is 0 Å². The number of carbonyl (C=O) groups excluding carboxylic acids is 3. The molecule has 0 rings (SSSR count). The van der Waals surface area contributed by atoms with E-state index in [2.05, 4.69) is 93.7 Å². The molecule has 0 heterocycles. The molecule has 0 aromatic heterocycles.